The largest absolute Gasteiger partial charge is 0.480 e. The molecule has 2 atom stereocenters. The Balaban J connectivity index is 2.21. The third-order valence-corrected chi connectivity index (χ3v) is 4.50. The Hall–Kier alpha value is -1.43. The topological polar surface area (TPSA) is 55.8 Å². The first-order valence-corrected chi connectivity index (χ1v) is 7.36. The van der Waals surface area contributed by atoms with Crippen molar-refractivity contribution in [3.63, 3.8) is 0 Å². The Kier molecular flexibility index (Phi) is 4.98. The number of likely N-dealkylation sites (tertiary alicyclic amines) is 1. The molecule has 0 spiro atoms. The molecule has 0 aromatic heterocycles. The fraction of sp³-hybridized carbons (Fsp3) is 0.562. The van der Waals surface area contributed by atoms with Crippen molar-refractivity contribution in [2.24, 2.45) is 0 Å². The number of carboxylic acids is 1. The number of nitrogens with zero attached hydrogens (tertiary/aromatic N) is 2. The molecule has 5 heteroatoms. The summed E-state index contributed by atoms with van der Waals surface area (Å²) in [6, 6.07) is 9.94. The standard InChI is InChI=1S/C16H25N3O2/c1-17-16(15(20)21,13-7-5-4-6-8-13)12-19-10-9-14(11-19)18(2)3/h4-8,14,17H,9-12H2,1-3H3,(H,20,21). The molecule has 0 amide bonds. The van der Waals surface area contributed by atoms with E-state index in [4.69, 9.17) is 0 Å². The van der Waals surface area contributed by atoms with Gasteiger partial charge in [-0.2, -0.15) is 0 Å². The highest BCUT2D eigenvalue weighted by Crippen LogP contribution is 2.25. The second kappa shape index (κ2) is 6.56. The van der Waals surface area contributed by atoms with E-state index in [9.17, 15) is 9.90 Å². The van der Waals surface area contributed by atoms with E-state index >= 15 is 0 Å². The molecule has 21 heavy (non-hydrogen) atoms. The van der Waals surface area contributed by atoms with Crippen LogP contribution in [-0.4, -0.2) is 67.7 Å². The maximum Gasteiger partial charge on any atom is 0.329 e. The number of hydrogen-bond donors (Lipinski definition) is 2. The Bertz CT molecular complexity index is 478. The van der Waals surface area contributed by atoms with Crippen molar-refractivity contribution in [3.8, 4) is 0 Å². The van der Waals surface area contributed by atoms with Gasteiger partial charge in [-0.1, -0.05) is 30.3 Å². The van der Waals surface area contributed by atoms with Gasteiger partial charge in [0.2, 0.25) is 0 Å². The van der Waals surface area contributed by atoms with E-state index in [0.717, 1.165) is 25.1 Å². The molecule has 0 radical (unpaired) electrons. The normalized spacial score (nSPS) is 22.4. The van der Waals surface area contributed by atoms with Gasteiger partial charge in [0.1, 0.15) is 0 Å². The lowest BCUT2D eigenvalue weighted by Crippen LogP contribution is -2.55. The number of aliphatic carboxylic acids is 1. The molecule has 1 saturated heterocycles. The van der Waals surface area contributed by atoms with Crippen molar-refractivity contribution in [1.29, 1.82) is 0 Å². The minimum absolute atomic E-state index is 0.479. The van der Waals surface area contributed by atoms with Crippen LogP contribution in [0.2, 0.25) is 0 Å². The fourth-order valence-electron chi connectivity index (χ4n) is 3.05. The molecule has 1 aliphatic rings. The van der Waals surface area contributed by atoms with Crippen molar-refractivity contribution in [1.82, 2.24) is 15.1 Å². The summed E-state index contributed by atoms with van der Waals surface area (Å²) in [7, 11) is 5.88. The van der Waals surface area contributed by atoms with Crippen LogP contribution < -0.4 is 5.32 Å². The Labute approximate surface area is 126 Å². The number of nitrogens with one attached hydrogen (secondary N) is 1. The van der Waals surface area contributed by atoms with Crippen LogP contribution in [0.1, 0.15) is 12.0 Å². The van der Waals surface area contributed by atoms with Gasteiger partial charge in [-0.25, -0.2) is 4.79 Å². The molecular weight excluding hydrogens is 266 g/mol. The lowest BCUT2D eigenvalue weighted by atomic mass is 9.89. The van der Waals surface area contributed by atoms with Crippen molar-refractivity contribution >= 4 is 5.97 Å². The van der Waals surface area contributed by atoms with Gasteiger partial charge in [0, 0.05) is 19.1 Å². The maximum absolute atomic E-state index is 12.0. The summed E-state index contributed by atoms with van der Waals surface area (Å²) in [5.41, 5.74) is -0.254. The van der Waals surface area contributed by atoms with Crippen LogP contribution >= 0.6 is 0 Å². The van der Waals surface area contributed by atoms with E-state index in [2.05, 4.69) is 29.2 Å². The predicted molar refractivity (Wildman–Crippen MR) is 83.3 cm³/mol. The van der Waals surface area contributed by atoms with Crippen molar-refractivity contribution in [2.45, 2.75) is 18.0 Å². The minimum Gasteiger partial charge on any atom is -0.480 e. The zero-order chi connectivity index (χ0) is 15.5. The Morgan fingerprint density at radius 3 is 2.57 bits per heavy atom. The Morgan fingerprint density at radius 2 is 2.10 bits per heavy atom. The highest BCUT2D eigenvalue weighted by Gasteiger charge is 2.42. The minimum atomic E-state index is -1.05. The molecule has 1 heterocycles. The summed E-state index contributed by atoms with van der Waals surface area (Å²) >= 11 is 0. The van der Waals surface area contributed by atoms with Crippen LogP contribution in [0.25, 0.3) is 0 Å². The average Bonchev–Trinajstić information content (AvgIpc) is 2.94. The monoisotopic (exact) mass is 291 g/mol. The maximum atomic E-state index is 12.0. The van der Waals surface area contributed by atoms with E-state index in [1.807, 2.05) is 30.3 Å². The second-order valence-corrected chi connectivity index (χ2v) is 5.97. The lowest BCUT2D eigenvalue weighted by molar-refractivity contribution is -0.146. The van der Waals surface area contributed by atoms with Crippen LogP contribution in [0.3, 0.4) is 0 Å². The molecule has 1 fully saturated rings. The second-order valence-electron chi connectivity index (χ2n) is 5.97. The molecule has 2 unspecified atom stereocenters. The molecule has 0 aliphatic carbocycles. The van der Waals surface area contributed by atoms with E-state index < -0.39 is 11.5 Å². The van der Waals surface area contributed by atoms with Gasteiger partial charge in [-0.15, -0.1) is 0 Å². The van der Waals surface area contributed by atoms with E-state index in [-0.39, 0.29) is 0 Å². The van der Waals surface area contributed by atoms with Gasteiger partial charge >= 0.3 is 5.97 Å². The first-order chi connectivity index (χ1) is 9.99. The predicted octanol–water partition coefficient (Wildman–Crippen LogP) is 0.822. The number of hydrogen-bond acceptors (Lipinski definition) is 4. The first kappa shape index (κ1) is 15.9. The van der Waals surface area contributed by atoms with Crippen molar-refractivity contribution in [2.75, 3.05) is 40.8 Å². The lowest BCUT2D eigenvalue weighted by Gasteiger charge is -2.34. The summed E-state index contributed by atoms with van der Waals surface area (Å²) in [6.45, 7) is 2.33. The van der Waals surface area contributed by atoms with Gasteiger partial charge in [0.15, 0.2) is 5.54 Å². The van der Waals surface area contributed by atoms with E-state index in [1.54, 1.807) is 7.05 Å². The van der Waals surface area contributed by atoms with Crippen LogP contribution in [0.5, 0.6) is 0 Å². The molecule has 1 aromatic rings. The molecule has 2 N–H and O–H groups in total. The van der Waals surface area contributed by atoms with Crippen LogP contribution in [0.15, 0.2) is 30.3 Å². The molecule has 1 aromatic carbocycles. The number of likely N-dealkylation sites (N-methyl/N-ethyl adjacent to an activating group) is 2. The molecule has 0 saturated carbocycles. The van der Waals surface area contributed by atoms with Crippen LogP contribution in [-0.2, 0) is 10.3 Å². The van der Waals surface area contributed by atoms with Gasteiger partial charge in [-0.05, 0) is 39.7 Å². The van der Waals surface area contributed by atoms with Crippen molar-refractivity contribution in [3.05, 3.63) is 35.9 Å². The number of carboxylic acid groups (broad SMARTS) is 1. The van der Waals surface area contributed by atoms with Gasteiger partial charge in [0.25, 0.3) is 0 Å². The highest BCUT2D eigenvalue weighted by atomic mass is 16.4. The number of rotatable bonds is 6. The summed E-state index contributed by atoms with van der Waals surface area (Å²) in [4.78, 5) is 16.4. The molecule has 5 nitrogen and oxygen atoms in total. The third kappa shape index (κ3) is 3.26. The third-order valence-electron chi connectivity index (χ3n) is 4.50. The zero-order valence-corrected chi connectivity index (χ0v) is 13.0. The number of carbonyl (C=O) groups is 1. The van der Waals surface area contributed by atoms with Gasteiger partial charge in [0.05, 0.1) is 0 Å². The summed E-state index contributed by atoms with van der Waals surface area (Å²) in [5.74, 6) is -0.829. The average molecular weight is 291 g/mol. The summed E-state index contributed by atoms with van der Waals surface area (Å²) < 4.78 is 0. The summed E-state index contributed by atoms with van der Waals surface area (Å²) in [5, 5.41) is 12.9. The SMILES string of the molecule is CNC(CN1CCC(N(C)C)C1)(C(=O)O)c1ccccc1. The number of benzene rings is 1. The Morgan fingerprint density at radius 1 is 1.43 bits per heavy atom. The van der Waals surface area contributed by atoms with Crippen LogP contribution in [0.4, 0.5) is 0 Å². The molecule has 0 bridgehead atoms. The molecular formula is C16H25N3O2. The van der Waals surface area contributed by atoms with Gasteiger partial charge < -0.3 is 15.3 Å². The smallest absolute Gasteiger partial charge is 0.329 e. The zero-order valence-electron chi connectivity index (χ0n) is 13.0. The van der Waals surface area contributed by atoms with E-state index in [0.29, 0.717) is 12.6 Å². The molecule has 2 rings (SSSR count). The van der Waals surface area contributed by atoms with Crippen molar-refractivity contribution < 1.29 is 9.90 Å². The fourth-order valence-corrected chi connectivity index (χ4v) is 3.05. The van der Waals surface area contributed by atoms with E-state index in [1.165, 1.54) is 0 Å². The molecule has 1 aliphatic heterocycles. The van der Waals surface area contributed by atoms with Crippen LogP contribution in [0, 0.1) is 0 Å². The summed E-state index contributed by atoms with van der Waals surface area (Å²) in [6.07, 6.45) is 1.08. The quantitative estimate of drug-likeness (QED) is 0.813. The first-order valence-electron chi connectivity index (χ1n) is 7.36. The highest BCUT2D eigenvalue weighted by molar-refractivity contribution is 5.81. The van der Waals surface area contributed by atoms with Gasteiger partial charge in [-0.3, -0.25) is 4.90 Å². The molecule has 116 valence electrons.